The van der Waals surface area contributed by atoms with Gasteiger partial charge in [-0.3, -0.25) is 9.59 Å². The van der Waals surface area contributed by atoms with Gasteiger partial charge in [0.1, 0.15) is 6.04 Å². The molecule has 1 aromatic rings. The van der Waals surface area contributed by atoms with Gasteiger partial charge in [0.15, 0.2) is 0 Å². The third kappa shape index (κ3) is 2.93. The summed E-state index contributed by atoms with van der Waals surface area (Å²) in [6.07, 6.45) is 0.512. The Kier molecular flexibility index (Phi) is 3.85. The minimum Gasteiger partial charge on any atom is -0.343 e. The maximum Gasteiger partial charge on any atom is 0.245 e. The van der Waals surface area contributed by atoms with Gasteiger partial charge in [0, 0.05) is 20.0 Å². The summed E-state index contributed by atoms with van der Waals surface area (Å²) in [4.78, 5) is 25.6. The van der Waals surface area contributed by atoms with Crippen molar-refractivity contribution in [3.8, 4) is 0 Å². The maximum atomic E-state index is 12.2. The smallest absolute Gasteiger partial charge is 0.245 e. The molecule has 1 heterocycles. The third-order valence-corrected chi connectivity index (χ3v) is 3.35. The number of carbonyl (C=O) groups is 2. The van der Waals surface area contributed by atoms with Crippen LogP contribution in [0.15, 0.2) is 24.3 Å². The number of nitrogens with two attached hydrogens (primary N) is 1. The first kappa shape index (κ1) is 13.5. The van der Waals surface area contributed by atoms with Crippen molar-refractivity contribution in [2.45, 2.75) is 32.0 Å². The van der Waals surface area contributed by atoms with Gasteiger partial charge in [0.05, 0.1) is 6.04 Å². The van der Waals surface area contributed by atoms with Gasteiger partial charge in [-0.05, 0) is 18.1 Å². The number of benzene rings is 1. The molecule has 0 aromatic heterocycles. The average Bonchev–Trinajstić information content (AvgIpc) is 2.49. The number of rotatable bonds is 2. The Morgan fingerprint density at radius 3 is 2.68 bits per heavy atom. The number of hydrogen-bond donors (Lipinski definition) is 2. The number of likely N-dealkylation sites (N-methyl/N-ethyl adjacent to an activating group) is 1. The maximum absolute atomic E-state index is 12.2. The molecule has 5 heteroatoms. The van der Waals surface area contributed by atoms with Crippen LogP contribution in [0.5, 0.6) is 0 Å². The summed E-state index contributed by atoms with van der Waals surface area (Å²) in [5.41, 5.74) is 7.74. The molecule has 2 rings (SSSR count). The van der Waals surface area contributed by atoms with E-state index in [-0.39, 0.29) is 11.8 Å². The predicted octanol–water partition coefficient (Wildman–Crippen LogP) is 0.0331. The van der Waals surface area contributed by atoms with Crippen molar-refractivity contribution in [1.29, 1.82) is 0 Å². The van der Waals surface area contributed by atoms with E-state index >= 15 is 0 Å². The van der Waals surface area contributed by atoms with E-state index in [2.05, 4.69) is 5.32 Å². The van der Waals surface area contributed by atoms with E-state index in [0.717, 1.165) is 11.1 Å². The second-order valence-electron chi connectivity index (χ2n) is 5.02. The molecule has 102 valence electrons. The second kappa shape index (κ2) is 5.40. The second-order valence-corrected chi connectivity index (χ2v) is 5.02. The van der Waals surface area contributed by atoms with E-state index in [1.807, 2.05) is 24.3 Å². The summed E-state index contributed by atoms with van der Waals surface area (Å²) >= 11 is 0. The Bertz CT molecular complexity index is 499. The summed E-state index contributed by atoms with van der Waals surface area (Å²) in [6, 6.07) is 6.75. The number of nitrogens with one attached hydrogen (secondary N) is 1. The van der Waals surface area contributed by atoms with Crippen molar-refractivity contribution in [3.05, 3.63) is 35.4 Å². The number of carbonyl (C=O) groups excluding carboxylic acids is 2. The Morgan fingerprint density at radius 2 is 2.05 bits per heavy atom. The molecule has 2 unspecified atom stereocenters. The molecule has 0 saturated heterocycles. The van der Waals surface area contributed by atoms with Crippen LogP contribution in [0.3, 0.4) is 0 Å². The summed E-state index contributed by atoms with van der Waals surface area (Å²) < 4.78 is 0. The minimum absolute atomic E-state index is 0.0785. The standard InChI is InChI=1S/C14H19N3O2/c1-9(15)13(18)16-12-7-10-5-3-4-6-11(10)8-17(2)14(12)19/h3-6,9,12H,7-8,15H2,1-2H3,(H,16,18). The summed E-state index contributed by atoms with van der Waals surface area (Å²) in [5, 5.41) is 2.72. The molecule has 0 aliphatic carbocycles. The Morgan fingerprint density at radius 1 is 1.42 bits per heavy atom. The molecule has 1 aromatic carbocycles. The number of fused-ring (bicyclic) bond motifs is 1. The molecule has 0 spiro atoms. The highest BCUT2D eigenvalue weighted by atomic mass is 16.2. The van der Waals surface area contributed by atoms with Crippen LogP contribution >= 0.6 is 0 Å². The molecule has 0 saturated carbocycles. The van der Waals surface area contributed by atoms with Gasteiger partial charge in [0.2, 0.25) is 11.8 Å². The SMILES string of the molecule is CC(N)C(=O)NC1Cc2ccccc2CN(C)C1=O. The molecular weight excluding hydrogens is 242 g/mol. The highest BCUT2D eigenvalue weighted by molar-refractivity contribution is 5.90. The summed E-state index contributed by atoms with van der Waals surface area (Å²) in [7, 11) is 1.75. The van der Waals surface area contributed by atoms with Crippen molar-refractivity contribution in [2.75, 3.05) is 7.05 Å². The fourth-order valence-electron chi connectivity index (χ4n) is 2.23. The first-order valence-corrected chi connectivity index (χ1v) is 6.36. The Labute approximate surface area is 112 Å². The Hall–Kier alpha value is -1.88. The topological polar surface area (TPSA) is 75.4 Å². The first-order chi connectivity index (χ1) is 8.99. The van der Waals surface area contributed by atoms with Crippen LogP contribution in [-0.4, -0.2) is 35.8 Å². The molecule has 3 N–H and O–H groups in total. The van der Waals surface area contributed by atoms with Gasteiger partial charge in [0.25, 0.3) is 0 Å². The molecule has 2 atom stereocenters. The predicted molar refractivity (Wildman–Crippen MR) is 72.2 cm³/mol. The van der Waals surface area contributed by atoms with Crippen LogP contribution in [0, 0.1) is 0 Å². The highest BCUT2D eigenvalue weighted by Gasteiger charge is 2.29. The fraction of sp³-hybridized carbons (Fsp3) is 0.429. The average molecular weight is 261 g/mol. The molecular formula is C14H19N3O2. The van der Waals surface area contributed by atoms with Gasteiger partial charge < -0.3 is 16.0 Å². The van der Waals surface area contributed by atoms with E-state index in [9.17, 15) is 9.59 Å². The zero-order valence-corrected chi connectivity index (χ0v) is 11.2. The van der Waals surface area contributed by atoms with Crippen LogP contribution in [0.25, 0.3) is 0 Å². The molecule has 0 fully saturated rings. The van der Waals surface area contributed by atoms with Gasteiger partial charge in [-0.25, -0.2) is 0 Å². The normalized spacial score (nSPS) is 20.5. The van der Waals surface area contributed by atoms with Crippen molar-refractivity contribution >= 4 is 11.8 Å². The zero-order chi connectivity index (χ0) is 14.0. The Balaban J connectivity index is 2.24. The van der Waals surface area contributed by atoms with Crippen LogP contribution in [-0.2, 0) is 22.6 Å². The monoisotopic (exact) mass is 261 g/mol. The number of hydrogen-bond acceptors (Lipinski definition) is 3. The molecule has 5 nitrogen and oxygen atoms in total. The lowest BCUT2D eigenvalue weighted by molar-refractivity contribution is -0.135. The van der Waals surface area contributed by atoms with Crippen molar-refractivity contribution in [2.24, 2.45) is 5.73 Å². The van der Waals surface area contributed by atoms with Crippen molar-refractivity contribution in [1.82, 2.24) is 10.2 Å². The molecule has 2 amide bonds. The van der Waals surface area contributed by atoms with Crippen LogP contribution in [0.4, 0.5) is 0 Å². The molecule has 1 aliphatic heterocycles. The highest BCUT2D eigenvalue weighted by Crippen LogP contribution is 2.18. The van der Waals surface area contributed by atoms with Crippen molar-refractivity contribution in [3.63, 3.8) is 0 Å². The molecule has 0 bridgehead atoms. The molecule has 0 radical (unpaired) electrons. The van der Waals surface area contributed by atoms with Crippen LogP contribution in [0.1, 0.15) is 18.1 Å². The first-order valence-electron chi connectivity index (χ1n) is 6.36. The van der Waals surface area contributed by atoms with E-state index in [1.165, 1.54) is 0 Å². The lowest BCUT2D eigenvalue weighted by Gasteiger charge is -2.21. The van der Waals surface area contributed by atoms with E-state index in [0.29, 0.717) is 13.0 Å². The quantitative estimate of drug-likeness (QED) is 0.789. The van der Waals surface area contributed by atoms with Gasteiger partial charge in [-0.1, -0.05) is 24.3 Å². The van der Waals surface area contributed by atoms with Gasteiger partial charge in [-0.2, -0.15) is 0 Å². The van der Waals surface area contributed by atoms with Gasteiger partial charge in [-0.15, -0.1) is 0 Å². The van der Waals surface area contributed by atoms with E-state index in [1.54, 1.807) is 18.9 Å². The minimum atomic E-state index is -0.614. The molecule has 19 heavy (non-hydrogen) atoms. The van der Waals surface area contributed by atoms with E-state index < -0.39 is 12.1 Å². The largest absolute Gasteiger partial charge is 0.343 e. The number of nitrogens with zero attached hydrogens (tertiary/aromatic N) is 1. The summed E-state index contributed by atoms with van der Waals surface area (Å²) in [6.45, 7) is 2.17. The molecule has 1 aliphatic rings. The van der Waals surface area contributed by atoms with Crippen LogP contribution < -0.4 is 11.1 Å². The third-order valence-electron chi connectivity index (χ3n) is 3.35. The fourth-order valence-corrected chi connectivity index (χ4v) is 2.23. The van der Waals surface area contributed by atoms with E-state index in [4.69, 9.17) is 5.73 Å². The van der Waals surface area contributed by atoms with Crippen LogP contribution in [0.2, 0.25) is 0 Å². The lowest BCUT2D eigenvalue weighted by atomic mass is 10.0. The van der Waals surface area contributed by atoms with Crippen molar-refractivity contribution < 1.29 is 9.59 Å². The van der Waals surface area contributed by atoms with Gasteiger partial charge >= 0.3 is 0 Å². The lowest BCUT2D eigenvalue weighted by Crippen LogP contribution is -2.51. The number of amides is 2. The summed E-state index contributed by atoms with van der Waals surface area (Å²) in [5.74, 6) is -0.378. The zero-order valence-electron chi connectivity index (χ0n) is 11.2.